The molecule has 3 heteroatoms. The Balaban J connectivity index is 3.26. The van der Waals surface area contributed by atoms with Crippen LogP contribution in [-0.2, 0) is 9.32 Å². The van der Waals surface area contributed by atoms with Gasteiger partial charge in [0.1, 0.15) is 0 Å². The fraction of sp³-hybridized carbons (Fsp3) is 0.950. The van der Waals surface area contributed by atoms with Crippen LogP contribution in [0, 0.1) is 0 Å². The molecule has 0 N–H and O–H groups in total. The normalized spacial score (nSPS) is 18.3. The van der Waals surface area contributed by atoms with Crippen LogP contribution >= 0.6 is 6.83 Å². The summed E-state index contributed by atoms with van der Waals surface area (Å²) < 4.78 is 6.56. The molecule has 0 aromatic heterocycles. The Morgan fingerprint density at radius 1 is 0.870 bits per heavy atom. The van der Waals surface area contributed by atoms with Gasteiger partial charge in [-0.3, -0.25) is 0 Å². The Morgan fingerprint density at radius 2 is 1.30 bits per heavy atom. The zero-order valence-electron chi connectivity index (χ0n) is 16.2. The molecule has 0 aromatic carbocycles. The summed E-state index contributed by atoms with van der Waals surface area (Å²) in [5, 5.41) is 0. The van der Waals surface area contributed by atoms with Gasteiger partial charge in [0, 0.05) is 0 Å². The van der Waals surface area contributed by atoms with Crippen molar-refractivity contribution in [1.82, 2.24) is 0 Å². The van der Waals surface area contributed by atoms with Gasteiger partial charge in [0.05, 0.1) is 0 Å². The number of carbonyl (C=O) groups excluding carboxylic acids is 1. The Labute approximate surface area is 145 Å². The van der Waals surface area contributed by atoms with Gasteiger partial charge in [0.15, 0.2) is 0 Å². The summed E-state index contributed by atoms with van der Waals surface area (Å²) in [5.74, 6) is -0.00320. The Kier molecular flexibility index (Phi) is 9.12. The SMILES string of the molecule is CCCCP(CCCC)(CCCC)(OC(C)=O)C1CCCCC1. The molecule has 0 spiro atoms. The molecule has 1 aliphatic rings. The van der Waals surface area contributed by atoms with E-state index < -0.39 is 6.83 Å². The first-order valence-electron chi connectivity index (χ1n) is 10.2. The van der Waals surface area contributed by atoms with E-state index in [1.165, 1.54) is 89.1 Å². The van der Waals surface area contributed by atoms with Crippen molar-refractivity contribution in [3.63, 3.8) is 0 Å². The van der Waals surface area contributed by atoms with Crippen LogP contribution in [0.1, 0.15) is 98.3 Å². The molecule has 0 unspecified atom stereocenters. The van der Waals surface area contributed by atoms with Crippen LogP contribution in [0.25, 0.3) is 0 Å². The molecular weight excluding hydrogens is 303 g/mol. The minimum atomic E-state index is -2.42. The van der Waals surface area contributed by atoms with E-state index in [1.54, 1.807) is 6.92 Å². The average molecular weight is 345 g/mol. The molecule has 1 aliphatic carbocycles. The summed E-state index contributed by atoms with van der Waals surface area (Å²) in [4.78, 5) is 12.2. The van der Waals surface area contributed by atoms with Crippen molar-refractivity contribution in [3.8, 4) is 0 Å². The number of rotatable bonds is 11. The maximum absolute atomic E-state index is 12.2. The zero-order chi connectivity index (χ0) is 17.2. The van der Waals surface area contributed by atoms with Gasteiger partial charge in [-0.25, -0.2) is 0 Å². The topological polar surface area (TPSA) is 26.3 Å². The van der Waals surface area contributed by atoms with E-state index in [0.29, 0.717) is 5.66 Å². The van der Waals surface area contributed by atoms with E-state index in [9.17, 15) is 4.79 Å². The van der Waals surface area contributed by atoms with Crippen LogP contribution in [0.5, 0.6) is 0 Å². The summed E-state index contributed by atoms with van der Waals surface area (Å²) in [6, 6.07) is 0. The van der Waals surface area contributed by atoms with E-state index in [4.69, 9.17) is 4.52 Å². The number of hydrogen-bond acceptors (Lipinski definition) is 2. The summed E-state index contributed by atoms with van der Waals surface area (Å²) >= 11 is 0. The Morgan fingerprint density at radius 3 is 1.65 bits per heavy atom. The molecule has 23 heavy (non-hydrogen) atoms. The van der Waals surface area contributed by atoms with Crippen LogP contribution in [0.4, 0.5) is 0 Å². The van der Waals surface area contributed by atoms with Crippen LogP contribution in [-0.4, -0.2) is 30.1 Å². The third-order valence-electron chi connectivity index (χ3n) is 6.02. The van der Waals surface area contributed by atoms with E-state index >= 15 is 0 Å². The zero-order valence-corrected chi connectivity index (χ0v) is 17.1. The molecule has 0 aromatic rings. The van der Waals surface area contributed by atoms with Crippen molar-refractivity contribution in [1.29, 1.82) is 0 Å². The first-order valence-corrected chi connectivity index (χ1v) is 13.0. The fourth-order valence-electron chi connectivity index (χ4n) is 4.79. The van der Waals surface area contributed by atoms with Crippen molar-refractivity contribution < 1.29 is 9.32 Å². The fourth-order valence-corrected chi connectivity index (χ4v) is 12.6. The molecule has 0 heterocycles. The first kappa shape index (κ1) is 20.9. The van der Waals surface area contributed by atoms with Gasteiger partial charge in [-0.15, -0.1) is 0 Å². The van der Waals surface area contributed by atoms with Crippen LogP contribution in [0.3, 0.4) is 0 Å². The van der Waals surface area contributed by atoms with Crippen LogP contribution in [0.15, 0.2) is 0 Å². The van der Waals surface area contributed by atoms with E-state index in [2.05, 4.69) is 20.8 Å². The summed E-state index contributed by atoms with van der Waals surface area (Å²) in [5.41, 5.74) is 0.697. The first-order chi connectivity index (χ1) is 11.0. The van der Waals surface area contributed by atoms with Gasteiger partial charge in [-0.1, -0.05) is 0 Å². The molecule has 0 atom stereocenters. The van der Waals surface area contributed by atoms with Crippen molar-refractivity contribution in [3.05, 3.63) is 0 Å². The van der Waals surface area contributed by atoms with Gasteiger partial charge in [-0.2, -0.15) is 0 Å². The maximum atomic E-state index is 12.2. The van der Waals surface area contributed by atoms with E-state index in [-0.39, 0.29) is 5.97 Å². The van der Waals surface area contributed by atoms with Crippen molar-refractivity contribution in [2.24, 2.45) is 0 Å². The molecule has 1 fully saturated rings. The Hall–Kier alpha value is -0.100. The molecular formula is C20H41O2P. The molecule has 1 saturated carbocycles. The van der Waals surface area contributed by atoms with Gasteiger partial charge in [0.25, 0.3) is 0 Å². The van der Waals surface area contributed by atoms with Gasteiger partial charge in [0.2, 0.25) is 0 Å². The minimum absolute atomic E-state index is 0.00320. The molecule has 1 rings (SSSR count). The third-order valence-corrected chi connectivity index (χ3v) is 13.3. The second-order valence-electron chi connectivity index (χ2n) is 7.82. The van der Waals surface area contributed by atoms with Gasteiger partial charge in [-0.05, 0) is 0 Å². The van der Waals surface area contributed by atoms with E-state index in [0.717, 1.165) is 0 Å². The quantitative estimate of drug-likeness (QED) is 0.387. The molecule has 0 aliphatic heterocycles. The number of unbranched alkanes of at least 4 members (excludes halogenated alkanes) is 3. The van der Waals surface area contributed by atoms with Crippen LogP contribution in [0.2, 0.25) is 0 Å². The molecule has 0 saturated heterocycles. The summed E-state index contributed by atoms with van der Waals surface area (Å²) in [6.45, 7) is 6.08. The average Bonchev–Trinajstić information content (AvgIpc) is 2.57. The molecule has 138 valence electrons. The summed E-state index contributed by atoms with van der Waals surface area (Å²) in [6.07, 6.45) is 17.6. The number of carbonyl (C=O) groups is 1. The number of hydrogen-bond donors (Lipinski definition) is 0. The van der Waals surface area contributed by atoms with Crippen molar-refractivity contribution in [2.45, 2.75) is 104 Å². The van der Waals surface area contributed by atoms with E-state index in [1.807, 2.05) is 0 Å². The van der Waals surface area contributed by atoms with Crippen molar-refractivity contribution in [2.75, 3.05) is 18.5 Å². The summed E-state index contributed by atoms with van der Waals surface area (Å²) in [7, 11) is 0. The second-order valence-corrected chi connectivity index (χ2v) is 13.5. The van der Waals surface area contributed by atoms with Crippen molar-refractivity contribution >= 4 is 12.8 Å². The van der Waals surface area contributed by atoms with Gasteiger partial charge < -0.3 is 0 Å². The predicted molar refractivity (Wildman–Crippen MR) is 105 cm³/mol. The monoisotopic (exact) mass is 344 g/mol. The Bertz CT molecular complexity index is 323. The third kappa shape index (κ3) is 5.45. The second kappa shape index (κ2) is 10.0. The molecule has 0 radical (unpaired) electrons. The van der Waals surface area contributed by atoms with Gasteiger partial charge >= 0.3 is 145 Å². The molecule has 0 amide bonds. The predicted octanol–water partition coefficient (Wildman–Crippen LogP) is 6.75. The standard InChI is InChI=1S/C20H41O2P/c1-5-8-16-23(17-9-6-2,18-10-7-3,22-19(4)21)20-14-12-11-13-15-20/h20H,5-18H2,1-4H3. The molecule has 2 nitrogen and oxygen atoms in total. The van der Waals surface area contributed by atoms with Crippen LogP contribution < -0.4 is 0 Å². The molecule has 0 bridgehead atoms.